The van der Waals surface area contributed by atoms with Crippen LogP contribution in [0.5, 0.6) is 0 Å². The number of carbonyl (C=O) groups excluding carboxylic acids is 3. The number of carbonyl (C=O) groups is 3. The highest BCUT2D eigenvalue weighted by Gasteiger charge is 2.71. The molecule has 27 heavy (non-hydrogen) atoms. The fourth-order valence-corrected chi connectivity index (χ4v) is 5.47. The summed E-state index contributed by atoms with van der Waals surface area (Å²) >= 11 is 0. The molecular formula is C19H25N3O5. The number of nitrogens with zero attached hydrogens (tertiary/aromatic N) is 1. The predicted molar refractivity (Wildman–Crippen MR) is 92.7 cm³/mol. The van der Waals surface area contributed by atoms with Gasteiger partial charge in [0.1, 0.15) is 6.61 Å². The van der Waals surface area contributed by atoms with E-state index in [0.29, 0.717) is 5.76 Å². The molecule has 0 radical (unpaired) electrons. The average Bonchev–Trinajstić information content (AvgIpc) is 3.10. The smallest absolute Gasteiger partial charge is 0.310 e. The third kappa shape index (κ3) is 3.11. The van der Waals surface area contributed by atoms with Gasteiger partial charge >= 0.3 is 5.97 Å². The minimum atomic E-state index is -0.508. The molecule has 0 saturated heterocycles. The second kappa shape index (κ2) is 6.65. The van der Waals surface area contributed by atoms with Crippen molar-refractivity contribution in [1.82, 2.24) is 10.5 Å². The lowest BCUT2D eigenvalue weighted by Crippen LogP contribution is -2.41. The maximum absolute atomic E-state index is 13.0. The van der Waals surface area contributed by atoms with Gasteiger partial charge in [-0.2, -0.15) is 0 Å². The quantitative estimate of drug-likeness (QED) is 0.687. The van der Waals surface area contributed by atoms with Crippen LogP contribution in [0.3, 0.4) is 0 Å². The van der Waals surface area contributed by atoms with E-state index in [9.17, 15) is 14.4 Å². The Bertz CT molecular complexity index is 769. The summed E-state index contributed by atoms with van der Waals surface area (Å²) in [5.74, 6) is -0.798. The van der Waals surface area contributed by atoms with E-state index in [1.165, 1.54) is 0 Å². The van der Waals surface area contributed by atoms with Crippen LogP contribution in [0.15, 0.2) is 10.6 Å². The number of rotatable bonds is 7. The van der Waals surface area contributed by atoms with Crippen molar-refractivity contribution >= 4 is 17.8 Å². The molecule has 1 heterocycles. The van der Waals surface area contributed by atoms with Crippen molar-refractivity contribution in [3.05, 3.63) is 17.5 Å². The normalized spacial score (nSPS) is 29.7. The number of hydrogen-bond donors (Lipinski definition) is 2. The van der Waals surface area contributed by atoms with Crippen LogP contribution in [0, 0.1) is 36.0 Å². The Labute approximate surface area is 157 Å². The van der Waals surface area contributed by atoms with Crippen LogP contribution >= 0.6 is 0 Å². The van der Waals surface area contributed by atoms with E-state index in [4.69, 9.17) is 15.0 Å². The van der Waals surface area contributed by atoms with Crippen molar-refractivity contribution in [2.75, 3.05) is 6.61 Å². The largest absolute Gasteiger partial charge is 0.465 e. The van der Waals surface area contributed by atoms with E-state index in [-0.39, 0.29) is 54.6 Å². The zero-order valence-corrected chi connectivity index (χ0v) is 15.4. The van der Waals surface area contributed by atoms with Crippen LogP contribution < -0.4 is 11.1 Å². The first-order valence-corrected chi connectivity index (χ1v) is 9.57. The molecular weight excluding hydrogens is 350 g/mol. The van der Waals surface area contributed by atoms with Gasteiger partial charge in [-0.1, -0.05) is 5.16 Å². The third-order valence-corrected chi connectivity index (χ3v) is 6.63. The van der Waals surface area contributed by atoms with Crippen molar-refractivity contribution in [2.45, 2.75) is 45.6 Å². The maximum Gasteiger partial charge on any atom is 0.310 e. The minimum Gasteiger partial charge on any atom is -0.465 e. The Kier molecular flexibility index (Phi) is 4.44. The summed E-state index contributed by atoms with van der Waals surface area (Å²) < 4.78 is 10.5. The molecule has 3 N–H and O–H groups in total. The van der Waals surface area contributed by atoms with Crippen molar-refractivity contribution in [1.29, 1.82) is 0 Å². The Morgan fingerprint density at radius 3 is 2.59 bits per heavy atom. The molecule has 4 atom stereocenters. The molecule has 2 bridgehead atoms. The van der Waals surface area contributed by atoms with Crippen LogP contribution in [0.4, 0.5) is 0 Å². The monoisotopic (exact) mass is 375 g/mol. The van der Waals surface area contributed by atoms with E-state index in [2.05, 4.69) is 10.5 Å². The van der Waals surface area contributed by atoms with Crippen molar-refractivity contribution in [3.63, 3.8) is 0 Å². The maximum atomic E-state index is 13.0. The van der Waals surface area contributed by atoms with Crippen molar-refractivity contribution in [3.8, 4) is 0 Å². The molecule has 8 nitrogen and oxygen atoms in total. The van der Waals surface area contributed by atoms with Gasteiger partial charge in [-0.15, -0.1) is 0 Å². The zero-order chi connectivity index (χ0) is 19.2. The molecule has 4 rings (SSSR count). The van der Waals surface area contributed by atoms with Gasteiger partial charge in [0, 0.05) is 6.07 Å². The molecule has 3 fully saturated rings. The van der Waals surface area contributed by atoms with Crippen LogP contribution in [-0.2, 0) is 25.7 Å². The fraction of sp³-hybridized carbons (Fsp3) is 0.684. The molecule has 0 aromatic carbocycles. The first kappa shape index (κ1) is 18.0. The lowest BCUT2D eigenvalue weighted by atomic mass is 9.78. The lowest BCUT2D eigenvalue weighted by Gasteiger charge is -2.28. The highest BCUT2D eigenvalue weighted by molar-refractivity contribution is 5.87. The second-order valence-electron chi connectivity index (χ2n) is 8.11. The molecule has 1 aromatic rings. The first-order chi connectivity index (χ1) is 12.9. The van der Waals surface area contributed by atoms with Crippen molar-refractivity contribution in [2.24, 2.45) is 34.8 Å². The van der Waals surface area contributed by atoms with Gasteiger partial charge in [-0.05, 0) is 49.9 Å². The fourth-order valence-electron chi connectivity index (χ4n) is 5.47. The number of aryl methyl sites for hydroxylation is 1. The minimum absolute atomic E-state index is 0.000589. The number of nitrogens with two attached hydrogens (primary N) is 1. The number of amides is 2. The van der Waals surface area contributed by atoms with Gasteiger partial charge < -0.3 is 20.3 Å². The molecule has 1 aromatic heterocycles. The number of aromatic nitrogens is 1. The molecule has 1 spiro atoms. The van der Waals surface area contributed by atoms with E-state index in [0.717, 1.165) is 31.4 Å². The van der Waals surface area contributed by atoms with E-state index >= 15 is 0 Å². The summed E-state index contributed by atoms with van der Waals surface area (Å²) in [5, 5.41) is 6.73. The molecule has 2 amide bonds. The first-order valence-electron chi connectivity index (χ1n) is 9.57. The SMILES string of the molecule is Cc1cc(CNC(=O)[C@H]2[C@H](C(=O)OCCC(N)=O)[C@H]3CC[C@@H]2C32CC2)on1. The molecule has 3 aliphatic carbocycles. The Morgan fingerprint density at radius 1 is 1.30 bits per heavy atom. The summed E-state index contributed by atoms with van der Waals surface area (Å²) in [6.07, 6.45) is 4.11. The number of ether oxygens (including phenoxy) is 1. The Balaban J connectivity index is 1.45. The average molecular weight is 375 g/mol. The zero-order valence-electron chi connectivity index (χ0n) is 15.4. The summed E-state index contributed by atoms with van der Waals surface area (Å²) in [4.78, 5) is 36.6. The predicted octanol–water partition coefficient (Wildman–Crippen LogP) is 1.07. The van der Waals surface area contributed by atoms with E-state index < -0.39 is 11.8 Å². The van der Waals surface area contributed by atoms with Crippen LogP contribution in [-0.4, -0.2) is 29.5 Å². The molecule has 3 aliphatic rings. The topological polar surface area (TPSA) is 125 Å². The van der Waals surface area contributed by atoms with Gasteiger partial charge in [-0.25, -0.2) is 0 Å². The van der Waals surface area contributed by atoms with Gasteiger partial charge in [0.15, 0.2) is 5.76 Å². The number of nitrogens with one attached hydrogen (secondary N) is 1. The number of hydrogen-bond acceptors (Lipinski definition) is 6. The Hall–Kier alpha value is -2.38. The summed E-state index contributed by atoms with van der Waals surface area (Å²) in [5.41, 5.74) is 6.00. The lowest BCUT2D eigenvalue weighted by molar-refractivity contribution is -0.156. The van der Waals surface area contributed by atoms with E-state index in [1.807, 2.05) is 6.92 Å². The van der Waals surface area contributed by atoms with E-state index in [1.54, 1.807) is 6.07 Å². The second-order valence-corrected chi connectivity index (χ2v) is 8.11. The molecule has 146 valence electrons. The van der Waals surface area contributed by atoms with Crippen LogP contribution in [0.1, 0.15) is 43.6 Å². The Morgan fingerprint density at radius 2 is 2.00 bits per heavy atom. The van der Waals surface area contributed by atoms with Gasteiger partial charge in [0.05, 0.1) is 30.5 Å². The van der Waals surface area contributed by atoms with Gasteiger partial charge in [-0.3, -0.25) is 14.4 Å². The summed E-state index contributed by atoms with van der Waals surface area (Å²) in [6.45, 7) is 2.05. The molecule has 0 unspecified atom stereocenters. The van der Waals surface area contributed by atoms with Gasteiger partial charge in [0.25, 0.3) is 0 Å². The highest BCUT2D eigenvalue weighted by Crippen LogP contribution is 2.74. The molecule has 3 saturated carbocycles. The number of esters is 1. The standard InChI is InChI=1S/C19H25N3O5/c1-10-8-11(27-22-10)9-21-17(24)15-12-2-3-13(19(12)5-6-19)16(15)18(25)26-7-4-14(20)23/h8,12-13,15-16H,2-7,9H2,1H3,(H2,20,23)(H,21,24)/t12-,13+,15+,16+/m0/s1. The van der Waals surface area contributed by atoms with Gasteiger partial charge in [0.2, 0.25) is 11.8 Å². The molecule has 8 heteroatoms. The summed E-state index contributed by atoms with van der Waals surface area (Å²) in [6, 6.07) is 1.78. The number of primary amides is 1. The van der Waals surface area contributed by atoms with Crippen molar-refractivity contribution < 1.29 is 23.6 Å². The van der Waals surface area contributed by atoms with Crippen LogP contribution in [0.25, 0.3) is 0 Å². The summed E-state index contributed by atoms with van der Waals surface area (Å²) in [7, 11) is 0. The molecule has 0 aliphatic heterocycles. The third-order valence-electron chi connectivity index (χ3n) is 6.63. The van der Waals surface area contributed by atoms with Crippen LogP contribution in [0.2, 0.25) is 0 Å². The highest BCUT2D eigenvalue weighted by atomic mass is 16.5.